The highest BCUT2D eigenvalue weighted by molar-refractivity contribution is 5.72. The van der Waals surface area contributed by atoms with Gasteiger partial charge in [-0.15, -0.1) is 0 Å². The summed E-state index contributed by atoms with van der Waals surface area (Å²) in [5.74, 6) is 0.419. The molecular weight excluding hydrogens is 296 g/mol. The molecule has 1 atom stereocenters. The van der Waals surface area contributed by atoms with Crippen LogP contribution in [0.5, 0.6) is 5.88 Å². The maximum Gasteiger partial charge on any atom is 0.312 e. The number of primary amides is 1. The summed E-state index contributed by atoms with van der Waals surface area (Å²) >= 11 is 0. The van der Waals surface area contributed by atoms with E-state index < -0.39 is 6.03 Å². The Morgan fingerprint density at radius 3 is 2.91 bits per heavy atom. The number of nitrogens with zero attached hydrogens (tertiary/aromatic N) is 4. The zero-order chi connectivity index (χ0) is 16.4. The minimum absolute atomic E-state index is 0.229. The van der Waals surface area contributed by atoms with E-state index in [2.05, 4.69) is 20.3 Å². The first-order valence-electron chi connectivity index (χ1n) is 6.98. The maximum atomic E-state index is 11.0. The molecule has 118 valence electrons. The molecule has 8 heteroatoms. The highest BCUT2D eigenvalue weighted by atomic mass is 16.5. The van der Waals surface area contributed by atoms with E-state index in [0.717, 1.165) is 5.56 Å². The van der Waals surface area contributed by atoms with Crippen LogP contribution in [0, 0.1) is 0 Å². The van der Waals surface area contributed by atoms with Crippen LogP contribution in [-0.2, 0) is 0 Å². The Kier molecular flexibility index (Phi) is 3.80. The number of carbonyl (C=O) groups excluding carboxylic acids is 1. The van der Waals surface area contributed by atoms with E-state index in [-0.39, 0.29) is 6.04 Å². The van der Waals surface area contributed by atoms with Crippen molar-refractivity contribution in [3.8, 4) is 17.3 Å². The molecule has 0 bridgehead atoms. The van der Waals surface area contributed by atoms with Gasteiger partial charge in [-0.3, -0.25) is 4.98 Å². The number of carbonyl (C=O) groups is 1. The number of methoxy groups -OCH3 is 1. The summed E-state index contributed by atoms with van der Waals surface area (Å²) in [5, 5.41) is 2.64. The van der Waals surface area contributed by atoms with Gasteiger partial charge in [-0.05, 0) is 24.6 Å². The molecule has 0 aromatic carbocycles. The zero-order valence-corrected chi connectivity index (χ0v) is 12.7. The van der Waals surface area contributed by atoms with E-state index in [4.69, 9.17) is 10.5 Å². The minimum Gasteiger partial charge on any atom is -0.478 e. The zero-order valence-electron chi connectivity index (χ0n) is 12.7. The summed E-state index contributed by atoms with van der Waals surface area (Å²) in [6.07, 6.45) is 6.97. The number of nitrogens with one attached hydrogen (secondary N) is 1. The van der Waals surface area contributed by atoms with E-state index in [0.29, 0.717) is 22.9 Å². The smallest absolute Gasteiger partial charge is 0.312 e. The van der Waals surface area contributed by atoms with Crippen molar-refractivity contribution in [1.29, 1.82) is 0 Å². The Labute approximate surface area is 132 Å². The van der Waals surface area contributed by atoms with Crippen molar-refractivity contribution in [3.63, 3.8) is 0 Å². The molecule has 3 aromatic rings. The molecule has 1 unspecified atom stereocenters. The molecule has 0 spiro atoms. The third kappa shape index (κ3) is 2.91. The van der Waals surface area contributed by atoms with Gasteiger partial charge in [0.05, 0.1) is 18.8 Å². The second-order valence-electron chi connectivity index (χ2n) is 5.00. The van der Waals surface area contributed by atoms with Gasteiger partial charge in [0.15, 0.2) is 5.65 Å². The second kappa shape index (κ2) is 5.91. The first-order chi connectivity index (χ1) is 11.1. The Morgan fingerprint density at radius 1 is 1.35 bits per heavy atom. The van der Waals surface area contributed by atoms with Crippen LogP contribution < -0.4 is 15.8 Å². The van der Waals surface area contributed by atoms with Gasteiger partial charge in [-0.2, -0.15) is 0 Å². The Balaban J connectivity index is 2.03. The number of ether oxygens (including phenoxy) is 1. The molecule has 0 aliphatic rings. The average molecular weight is 312 g/mol. The molecule has 2 amide bonds. The number of imidazole rings is 1. The largest absolute Gasteiger partial charge is 0.478 e. The van der Waals surface area contributed by atoms with Gasteiger partial charge in [-0.25, -0.2) is 14.8 Å². The van der Waals surface area contributed by atoms with E-state index in [1.165, 1.54) is 0 Å². The topological polar surface area (TPSA) is 107 Å². The van der Waals surface area contributed by atoms with Gasteiger partial charge in [0.2, 0.25) is 0 Å². The van der Waals surface area contributed by atoms with Crippen molar-refractivity contribution in [2.45, 2.75) is 13.0 Å². The maximum absolute atomic E-state index is 11.0. The quantitative estimate of drug-likeness (QED) is 0.759. The predicted octanol–water partition coefficient (Wildman–Crippen LogP) is 1.53. The number of hydrogen-bond donors (Lipinski definition) is 2. The van der Waals surface area contributed by atoms with Gasteiger partial charge in [-0.1, -0.05) is 0 Å². The fourth-order valence-corrected chi connectivity index (χ4v) is 2.32. The summed E-state index contributed by atoms with van der Waals surface area (Å²) in [7, 11) is 1.55. The summed E-state index contributed by atoms with van der Waals surface area (Å²) in [6.45, 7) is 1.84. The number of rotatable bonds is 4. The van der Waals surface area contributed by atoms with Crippen molar-refractivity contribution < 1.29 is 9.53 Å². The lowest BCUT2D eigenvalue weighted by Gasteiger charge is -2.13. The molecule has 0 radical (unpaired) electrons. The molecule has 3 N–H and O–H groups in total. The lowest BCUT2D eigenvalue weighted by atomic mass is 10.1. The first-order valence-corrected chi connectivity index (χ1v) is 6.98. The predicted molar refractivity (Wildman–Crippen MR) is 83.9 cm³/mol. The third-order valence-corrected chi connectivity index (χ3v) is 3.44. The molecule has 3 heterocycles. The number of fused-ring (bicyclic) bond motifs is 1. The van der Waals surface area contributed by atoms with Crippen molar-refractivity contribution in [2.75, 3.05) is 7.11 Å². The van der Waals surface area contributed by atoms with E-state index in [1.807, 2.05) is 35.9 Å². The molecule has 0 aliphatic carbocycles. The summed E-state index contributed by atoms with van der Waals surface area (Å²) in [5.41, 5.74) is 7.97. The van der Waals surface area contributed by atoms with Gasteiger partial charge in [0.25, 0.3) is 5.88 Å². The van der Waals surface area contributed by atoms with Crippen LogP contribution in [0.3, 0.4) is 0 Å². The number of amides is 2. The van der Waals surface area contributed by atoms with Crippen LogP contribution >= 0.6 is 0 Å². The van der Waals surface area contributed by atoms with Gasteiger partial charge in [0.1, 0.15) is 5.69 Å². The molecule has 0 saturated carbocycles. The van der Waals surface area contributed by atoms with Gasteiger partial charge >= 0.3 is 6.03 Å². The number of nitrogens with two attached hydrogens (primary N) is 1. The first kappa shape index (κ1) is 14.8. The van der Waals surface area contributed by atoms with Crippen molar-refractivity contribution >= 4 is 11.7 Å². The third-order valence-electron chi connectivity index (χ3n) is 3.44. The molecule has 0 aliphatic heterocycles. The van der Waals surface area contributed by atoms with Crippen LogP contribution in [0.2, 0.25) is 0 Å². The van der Waals surface area contributed by atoms with E-state index >= 15 is 0 Å². The second-order valence-corrected chi connectivity index (χ2v) is 5.00. The number of urea groups is 1. The van der Waals surface area contributed by atoms with Gasteiger partial charge in [0, 0.05) is 24.8 Å². The van der Waals surface area contributed by atoms with E-state index in [9.17, 15) is 4.79 Å². The lowest BCUT2D eigenvalue weighted by Crippen LogP contribution is -2.31. The van der Waals surface area contributed by atoms with Gasteiger partial charge < -0.3 is 20.2 Å². The fraction of sp³-hybridized carbons (Fsp3) is 0.200. The van der Waals surface area contributed by atoms with Crippen LogP contribution in [0.1, 0.15) is 18.5 Å². The molecule has 0 fully saturated rings. The number of aromatic nitrogens is 4. The molecule has 0 saturated heterocycles. The minimum atomic E-state index is -0.574. The van der Waals surface area contributed by atoms with Crippen molar-refractivity contribution in [3.05, 3.63) is 42.5 Å². The highest BCUT2D eigenvalue weighted by Gasteiger charge is 2.13. The summed E-state index contributed by atoms with van der Waals surface area (Å²) in [6, 6.07) is 2.87. The van der Waals surface area contributed by atoms with E-state index in [1.54, 1.807) is 19.5 Å². The fourth-order valence-electron chi connectivity index (χ4n) is 2.32. The molecular formula is C15H16N6O2. The monoisotopic (exact) mass is 312 g/mol. The SMILES string of the molecule is COc1nc(-c2cc(C(C)NC(N)=O)ccn2)cn2ccnc12. The normalized spacial score (nSPS) is 12.1. The molecule has 3 rings (SSSR count). The number of pyridine rings is 1. The van der Waals surface area contributed by atoms with Crippen LogP contribution in [0.15, 0.2) is 36.9 Å². The Morgan fingerprint density at radius 2 is 2.17 bits per heavy atom. The van der Waals surface area contributed by atoms with Crippen LogP contribution in [0.25, 0.3) is 17.0 Å². The van der Waals surface area contributed by atoms with Crippen LogP contribution in [-0.4, -0.2) is 32.5 Å². The summed E-state index contributed by atoms with van der Waals surface area (Å²) in [4.78, 5) is 24.0. The molecule has 3 aromatic heterocycles. The van der Waals surface area contributed by atoms with Crippen molar-refractivity contribution in [2.24, 2.45) is 5.73 Å². The van der Waals surface area contributed by atoms with Crippen molar-refractivity contribution in [1.82, 2.24) is 24.7 Å². The molecule has 8 nitrogen and oxygen atoms in total. The van der Waals surface area contributed by atoms with Crippen LogP contribution in [0.4, 0.5) is 4.79 Å². The Bertz CT molecular complexity index is 860. The average Bonchev–Trinajstić information content (AvgIpc) is 3.02. The Hall–Kier alpha value is -3.16. The molecule has 23 heavy (non-hydrogen) atoms. The number of hydrogen-bond acceptors (Lipinski definition) is 5. The summed E-state index contributed by atoms with van der Waals surface area (Å²) < 4.78 is 7.10. The standard InChI is InChI=1S/C15H16N6O2/c1-9(19-15(16)22)10-3-4-17-11(7-10)12-8-21-6-5-18-13(21)14(20-12)23-2/h3-9H,1-2H3,(H3,16,19,22). The highest BCUT2D eigenvalue weighted by Crippen LogP contribution is 2.23. The lowest BCUT2D eigenvalue weighted by molar-refractivity contribution is 0.246.